The SMILES string of the molecule is COC1(C(=O)Nc2cccc(Br)c2C)CCNCC1.Cl. The Kier molecular flexibility index (Phi) is 6.45. The largest absolute Gasteiger partial charge is 0.368 e. The summed E-state index contributed by atoms with van der Waals surface area (Å²) in [5.74, 6) is -0.0577. The zero-order valence-electron chi connectivity index (χ0n) is 11.7. The molecule has 4 nitrogen and oxygen atoms in total. The molecule has 1 aliphatic rings. The molecule has 1 heterocycles. The number of anilines is 1. The highest BCUT2D eigenvalue weighted by atomic mass is 79.9. The predicted octanol–water partition coefficient (Wildman–Crippen LogP) is 2.89. The van der Waals surface area contributed by atoms with Gasteiger partial charge in [0.15, 0.2) is 0 Å². The normalized spacial score (nSPS) is 17.1. The number of carbonyl (C=O) groups excluding carboxylic acids is 1. The number of piperidine rings is 1. The molecule has 0 spiro atoms. The highest BCUT2D eigenvalue weighted by Crippen LogP contribution is 2.28. The van der Waals surface area contributed by atoms with E-state index in [1.165, 1.54) is 0 Å². The number of rotatable bonds is 3. The number of methoxy groups -OCH3 is 1. The Balaban J connectivity index is 0.00000200. The van der Waals surface area contributed by atoms with Gasteiger partial charge in [-0.1, -0.05) is 22.0 Å². The molecule has 1 fully saturated rings. The van der Waals surface area contributed by atoms with E-state index < -0.39 is 5.60 Å². The number of ether oxygens (including phenoxy) is 1. The summed E-state index contributed by atoms with van der Waals surface area (Å²) in [6.07, 6.45) is 1.39. The number of hydrogen-bond acceptors (Lipinski definition) is 3. The number of hydrogen-bond donors (Lipinski definition) is 2. The van der Waals surface area contributed by atoms with Crippen LogP contribution in [0.5, 0.6) is 0 Å². The van der Waals surface area contributed by atoms with Gasteiger partial charge in [0.25, 0.3) is 5.91 Å². The van der Waals surface area contributed by atoms with E-state index in [4.69, 9.17) is 4.74 Å². The van der Waals surface area contributed by atoms with E-state index in [2.05, 4.69) is 26.6 Å². The average Bonchev–Trinajstić information content (AvgIpc) is 2.44. The fourth-order valence-electron chi connectivity index (χ4n) is 2.33. The van der Waals surface area contributed by atoms with Crippen LogP contribution in [-0.4, -0.2) is 31.7 Å². The summed E-state index contributed by atoms with van der Waals surface area (Å²) >= 11 is 3.47. The lowest BCUT2D eigenvalue weighted by Crippen LogP contribution is -2.51. The molecular formula is C14H20BrClN2O2. The smallest absolute Gasteiger partial charge is 0.256 e. The van der Waals surface area contributed by atoms with Crippen molar-refractivity contribution in [2.24, 2.45) is 0 Å². The lowest BCUT2D eigenvalue weighted by atomic mass is 9.91. The summed E-state index contributed by atoms with van der Waals surface area (Å²) in [5, 5.41) is 6.24. The predicted molar refractivity (Wildman–Crippen MR) is 86.6 cm³/mol. The summed E-state index contributed by atoms with van der Waals surface area (Å²) < 4.78 is 6.51. The number of amides is 1. The lowest BCUT2D eigenvalue weighted by Gasteiger charge is -2.34. The Hall–Kier alpha value is -0.620. The van der Waals surface area contributed by atoms with Crippen LogP contribution in [0.3, 0.4) is 0 Å². The third-order valence-electron chi connectivity index (χ3n) is 3.73. The van der Waals surface area contributed by atoms with Crippen LogP contribution in [0, 0.1) is 6.92 Å². The highest BCUT2D eigenvalue weighted by Gasteiger charge is 2.39. The van der Waals surface area contributed by atoms with Crippen LogP contribution in [0.2, 0.25) is 0 Å². The van der Waals surface area contributed by atoms with Crippen molar-refractivity contribution >= 4 is 39.9 Å². The molecule has 1 aromatic rings. The molecule has 0 radical (unpaired) electrons. The van der Waals surface area contributed by atoms with Gasteiger partial charge >= 0.3 is 0 Å². The molecule has 2 N–H and O–H groups in total. The van der Waals surface area contributed by atoms with E-state index in [1.807, 2.05) is 25.1 Å². The fourth-order valence-corrected chi connectivity index (χ4v) is 2.70. The van der Waals surface area contributed by atoms with E-state index in [-0.39, 0.29) is 18.3 Å². The highest BCUT2D eigenvalue weighted by molar-refractivity contribution is 9.10. The number of halogens is 2. The average molecular weight is 364 g/mol. The zero-order chi connectivity index (χ0) is 13.9. The maximum absolute atomic E-state index is 12.5. The first-order valence-corrected chi connectivity index (χ1v) is 7.21. The third kappa shape index (κ3) is 3.52. The molecule has 0 bridgehead atoms. The Morgan fingerprint density at radius 1 is 1.40 bits per heavy atom. The summed E-state index contributed by atoms with van der Waals surface area (Å²) in [5.41, 5.74) is 1.14. The second kappa shape index (κ2) is 7.41. The molecule has 1 amide bonds. The van der Waals surface area contributed by atoms with E-state index in [1.54, 1.807) is 7.11 Å². The molecule has 0 saturated carbocycles. The standard InChI is InChI=1S/C14H19BrN2O2.ClH/c1-10-11(15)4-3-5-12(10)17-13(18)14(19-2)6-8-16-9-7-14;/h3-5,16H,6-9H2,1-2H3,(H,17,18);1H. The van der Waals surface area contributed by atoms with Crippen LogP contribution in [0.1, 0.15) is 18.4 Å². The van der Waals surface area contributed by atoms with Crippen molar-refractivity contribution in [1.29, 1.82) is 0 Å². The maximum Gasteiger partial charge on any atom is 0.256 e. The van der Waals surface area contributed by atoms with Gasteiger partial charge in [0.1, 0.15) is 5.60 Å². The summed E-state index contributed by atoms with van der Waals surface area (Å²) in [6.45, 7) is 3.58. The van der Waals surface area contributed by atoms with Crippen molar-refractivity contribution in [3.8, 4) is 0 Å². The van der Waals surface area contributed by atoms with Crippen LogP contribution in [0.4, 0.5) is 5.69 Å². The summed E-state index contributed by atoms with van der Waals surface area (Å²) in [6, 6.07) is 5.78. The van der Waals surface area contributed by atoms with Gasteiger partial charge in [-0.05, 0) is 50.6 Å². The quantitative estimate of drug-likeness (QED) is 0.868. The molecule has 1 saturated heterocycles. The van der Waals surface area contributed by atoms with Crippen molar-refractivity contribution in [1.82, 2.24) is 5.32 Å². The summed E-state index contributed by atoms with van der Waals surface area (Å²) in [7, 11) is 1.61. The Bertz CT molecular complexity index is 476. The summed E-state index contributed by atoms with van der Waals surface area (Å²) in [4.78, 5) is 12.5. The number of benzene rings is 1. The van der Waals surface area contributed by atoms with Crippen molar-refractivity contribution in [2.75, 3.05) is 25.5 Å². The number of nitrogens with one attached hydrogen (secondary N) is 2. The molecule has 20 heavy (non-hydrogen) atoms. The van der Waals surface area contributed by atoms with Crippen molar-refractivity contribution in [2.45, 2.75) is 25.4 Å². The van der Waals surface area contributed by atoms with Crippen molar-refractivity contribution < 1.29 is 9.53 Å². The van der Waals surface area contributed by atoms with Crippen LogP contribution in [0.15, 0.2) is 22.7 Å². The Labute approximate surface area is 134 Å². The van der Waals surface area contributed by atoms with Gasteiger partial charge in [0.2, 0.25) is 0 Å². The molecule has 0 unspecified atom stereocenters. The van der Waals surface area contributed by atoms with Crippen LogP contribution < -0.4 is 10.6 Å². The van der Waals surface area contributed by atoms with Crippen LogP contribution in [0.25, 0.3) is 0 Å². The fraction of sp³-hybridized carbons (Fsp3) is 0.500. The molecule has 0 aromatic heterocycles. The molecule has 0 atom stereocenters. The molecule has 6 heteroatoms. The van der Waals surface area contributed by atoms with Crippen molar-refractivity contribution in [3.63, 3.8) is 0 Å². The van der Waals surface area contributed by atoms with E-state index in [0.717, 1.165) is 28.8 Å². The number of carbonyl (C=O) groups is 1. The van der Waals surface area contributed by atoms with Crippen molar-refractivity contribution in [3.05, 3.63) is 28.2 Å². The lowest BCUT2D eigenvalue weighted by molar-refractivity contribution is -0.140. The monoisotopic (exact) mass is 362 g/mol. The third-order valence-corrected chi connectivity index (χ3v) is 4.59. The molecular weight excluding hydrogens is 344 g/mol. The molecule has 1 aromatic carbocycles. The first-order valence-electron chi connectivity index (χ1n) is 6.41. The van der Waals surface area contributed by atoms with E-state index in [9.17, 15) is 4.79 Å². The van der Waals surface area contributed by atoms with Crippen LogP contribution >= 0.6 is 28.3 Å². The Morgan fingerprint density at radius 2 is 2.05 bits per heavy atom. The molecule has 1 aliphatic heterocycles. The maximum atomic E-state index is 12.5. The van der Waals surface area contributed by atoms with Gasteiger partial charge in [-0.15, -0.1) is 12.4 Å². The van der Waals surface area contributed by atoms with Gasteiger partial charge in [-0.2, -0.15) is 0 Å². The molecule has 112 valence electrons. The second-order valence-electron chi connectivity index (χ2n) is 4.81. The Morgan fingerprint density at radius 3 is 2.65 bits per heavy atom. The van der Waals surface area contributed by atoms with E-state index in [0.29, 0.717) is 12.8 Å². The zero-order valence-corrected chi connectivity index (χ0v) is 14.1. The minimum Gasteiger partial charge on any atom is -0.368 e. The van der Waals surface area contributed by atoms with Gasteiger partial charge in [0, 0.05) is 17.3 Å². The first-order chi connectivity index (χ1) is 9.09. The topological polar surface area (TPSA) is 50.4 Å². The van der Waals surface area contributed by atoms with E-state index >= 15 is 0 Å². The minimum absolute atomic E-state index is 0. The second-order valence-corrected chi connectivity index (χ2v) is 5.67. The molecule has 0 aliphatic carbocycles. The van der Waals surface area contributed by atoms with Gasteiger partial charge in [-0.3, -0.25) is 4.79 Å². The van der Waals surface area contributed by atoms with Gasteiger partial charge < -0.3 is 15.4 Å². The first kappa shape index (κ1) is 17.4. The minimum atomic E-state index is -0.708. The van der Waals surface area contributed by atoms with Gasteiger partial charge in [-0.25, -0.2) is 0 Å². The molecule has 2 rings (SSSR count). The van der Waals surface area contributed by atoms with Gasteiger partial charge in [0.05, 0.1) is 0 Å². The van der Waals surface area contributed by atoms with Crippen LogP contribution in [-0.2, 0) is 9.53 Å².